The lowest BCUT2D eigenvalue weighted by Crippen LogP contribution is -2.39. The van der Waals surface area contributed by atoms with Gasteiger partial charge in [0, 0.05) is 61.9 Å². The molecule has 194 valence electrons. The summed E-state index contributed by atoms with van der Waals surface area (Å²) in [7, 11) is 0. The molecular formula is C26H30F2N8S. The number of hydrogen-bond donors (Lipinski definition) is 1. The second-order valence-electron chi connectivity index (χ2n) is 10.1. The van der Waals surface area contributed by atoms with Gasteiger partial charge in [0.25, 0.3) is 5.92 Å². The Labute approximate surface area is 218 Å². The lowest BCUT2D eigenvalue weighted by atomic mass is 10.1. The second kappa shape index (κ2) is 10.4. The Morgan fingerprint density at radius 1 is 1.00 bits per heavy atom. The highest BCUT2D eigenvalue weighted by molar-refractivity contribution is 7.15. The first-order valence-electron chi connectivity index (χ1n) is 13.0. The van der Waals surface area contributed by atoms with Crippen LogP contribution < -0.4 is 5.32 Å². The average Bonchev–Trinajstić information content (AvgIpc) is 3.67. The van der Waals surface area contributed by atoms with Crippen molar-refractivity contribution in [1.29, 1.82) is 0 Å². The van der Waals surface area contributed by atoms with E-state index >= 15 is 0 Å². The summed E-state index contributed by atoms with van der Waals surface area (Å²) in [5, 5.41) is 18.4. The number of anilines is 2. The molecule has 11 heteroatoms. The molecule has 1 saturated carbocycles. The summed E-state index contributed by atoms with van der Waals surface area (Å²) in [5.41, 5.74) is 3.52. The molecule has 0 radical (unpaired) electrons. The van der Waals surface area contributed by atoms with E-state index in [-0.39, 0.29) is 12.8 Å². The first-order chi connectivity index (χ1) is 18.0. The number of nitrogens with zero attached hydrogens (tertiary/aromatic N) is 7. The highest BCUT2D eigenvalue weighted by Gasteiger charge is 2.33. The van der Waals surface area contributed by atoms with E-state index in [0.717, 1.165) is 51.8 Å². The minimum atomic E-state index is -2.50. The van der Waals surface area contributed by atoms with Crippen molar-refractivity contribution < 1.29 is 8.78 Å². The number of rotatable bonds is 8. The third-order valence-electron chi connectivity index (χ3n) is 7.33. The van der Waals surface area contributed by atoms with Gasteiger partial charge in [0.05, 0.1) is 17.2 Å². The van der Waals surface area contributed by atoms with Crippen molar-refractivity contribution in [2.75, 3.05) is 25.0 Å². The first-order valence-corrected chi connectivity index (χ1v) is 13.8. The highest BCUT2D eigenvalue weighted by atomic mass is 32.1. The quantitative estimate of drug-likeness (QED) is 0.309. The van der Waals surface area contributed by atoms with Crippen LogP contribution in [0.2, 0.25) is 0 Å². The predicted octanol–water partition coefficient (Wildman–Crippen LogP) is 5.87. The zero-order valence-corrected chi connectivity index (χ0v) is 21.4. The number of alkyl halides is 2. The third-order valence-corrected chi connectivity index (χ3v) is 8.33. The molecule has 1 aliphatic heterocycles. The number of aromatic nitrogens is 6. The number of aryl methyl sites for hydroxylation is 1. The average molecular weight is 525 g/mol. The van der Waals surface area contributed by atoms with Gasteiger partial charge >= 0.3 is 0 Å². The number of nitrogens with one attached hydrogen (secondary N) is 1. The van der Waals surface area contributed by atoms with Crippen molar-refractivity contribution in [3.05, 3.63) is 41.8 Å². The predicted molar refractivity (Wildman–Crippen MR) is 140 cm³/mol. The Balaban J connectivity index is 1.09. The lowest BCUT2D eigenvalue weighted by Gasteiger charge is -2.31. The summed E-state index contributed by atoms with van der Waals surface area (Å²) in [6.45, 7) is 2.47. The summed E-state index contributed by atoms with van der Waals surface area (Å²) >= 11 is 1.61. The molecule has 0 bridgehead atoms. The van der Waals surface area contributed by atoms with E-state index < -0.39 is 5.92 Å². The second-order valence-corrected chi connectivity index (χ2v) is 11.1. The van der Waals surface area contributed by atoms with Crippen LogP contribution in [-0.2, 0) is 6.54 Å². The van der Waals surface area contributed by atoms with Gasteiger partial charge in [-0.2, -0.15) is 5.10 Å². The number of likely N-dealkylation sites (tertiary alicyclic amines) is 1. The lowest BCUT2D eigenvalue weighted by molar-refractivity contribution is -0.0553. The Hall–Kier alpha value is -3.05. The summed E-state index contributed by atoms with van der Waals surface area (Å²) in [6, 6.07) is 5.88. The van der Waals surface area contributed by atoms with Crippen LogP contribution in [0.1, 0.15) is 55.9 Å². The number of pyridine rings is 2. The van der Waals surface area contributed by atoms with Crippen molar-refractivity contribution in [3.63, 3.8) is 0 Å². The maximum Gasteiger partial charge on any atom is 0.250 e. The summed E-state index contributed by atoms with van der Waals surface area (Å²) in [4.78, 5) is 11.5. The van der Waals surface area contributed by atoms with Gasteiger partial charge in [0.15, 0.2) is 0 Å². The molecule has 2 aliphatic rings. The number of piperidine rings is 1. The molecule has 0 amide bonds. The van der Waals surface area contributed by atoms with Gasteiger partial charge in [-0.1, -0.05) is 24.2 Å². The molecule has 1 N–H and O–H groups in total. The van der Waals surface area contributed by atoms with Crippen LogP contribution in [0, 0.1) is 0 Å². The van der Waals surface area contributed by atoms with E-state index in [1.807, 2.05) is 41.5 Å². The maximum atomic E-state index is 13.3. The smallest absolute Gasteiger partial charge is 0.250 e. The van der Waals surface area contributed by atoms with Gasteiger partial charge < -0.3 is 10.2 Å². The van der Waals surface area contributed by atoms with Crippen LogP contribution in [0.3, 0.4) is 0 Å². The van der Waals surface area contributed by atoms with E-state index in [9.17, 15) is 8.78 Å². The van der Waals surface area contributed by atoms with Crippen molar-refractivity contribution >= 4 is 33.3 Å². The SMILES string of the molecule is FC1(F)CCN(CCCn2cc(-c3cnc4ccc(Nc5nnc(C6CCCC6)s5)nc4c3)cn2)CC1. The number of fused-ring (bicyclic) bond motifs is 1. The van der Waals surface area contributed by atoms with Gasteiger partial charge in [-0.15, -0.1) is 10.2 Å². The van der Waals surface area contributed by atoms with Crippen LogP contribution in [0.5, 0.6) is 0 Å². The van der Waals surface area contributed by atoms with Crippen LogP contribution in [0.15, 0.2) is 36.8 Å². The van der Waals surface area contributed by atoms with Crippen molar-refractivity contribution in [2.24, 2.45) is 0 Å². The largest absolute Gasteiger partial charge is 0.315 e. The molecule has 5 heterocycles. The highest BCUT2D eigenvalue weighted by Crippen LogP contribution is 2.37. The minimum Gasteiger partial charge on any atom is -0.315 e. The molecule has 0 spiro atoms. The van der Waals surface area contributed by atoms with E-state index in [0.29, 0.717) is 24.8 Å². The van der Waals surface area contributed by atoms with Crippen molar-refractivity contribution in [1.82, 2.24) is 34.8 Å². The molecule has 1 saturated heterocycles. The molecule has 2 fully saturated rings. The summed E-state index contributed by atoms with van der Waals surface area (Å²) in [5.74, 6) is -1.24. The van der Waals surface area contributed by atoms with Crippen LogP contribution in [0.25, 0.3) is 22.2 Å². The van der Waals surface area contributed by atoms with E-state index in [2.05, 4.69) is 30.5 Å². The van der Waals surface area contributed by atoms with Gasteiger partial charge in [-0.3, -0.25) is 9.67 Å². The van der Waals surface area contributed by atoms with Gasteiger partial charge in [-0.05, 0) is 44.0 Å². The zero-order valence-electron chi connectivity index (χ0n) is 20.6. The van der Waals surface area contributed by atoms with E-state index in [1.54, 1.807) is 11.3 Å². The number of halogens is 2. The van der Waals surface area contributed by atoms with Crippen molar-refractivity contribution in [3.8, 4) is 11.1 Å². The fraction of sp³-hybridized carbons (Fsp3) is 0.500. The minimum absolute atomic E-state index is 0.0403. The molecule has 8 nitrogen and oxygen atoms in total. The van der Waals surface area contributed by atoms with Crippen LogP contribution in [-0.4, -0.2) is 60.4 Å². The Morgan fingerprint density at radius 2 is 1.84 bits per heavy atom. The first kappa shape index (κ1) is 24.3. The molecule has 0 unspecified atom stereocenters. The fourth-order valence-corrected chi connectivity index (χ4v) is 6.08. The molecule has 4 aromatic heterocycles. The zero-order chi connectivity index (χ0) is 25.2. The maximum absolute atomic E-state index is 13.3. The molecule has 6 rings (SSSR count). The van der Waals surface area contributed by atoms with E-state index in [4.69, 9.17) is 4.98 Å². The summed E-state index contributed by atoms with van der Waals surface area (Å²) < 4.78 is 28.6. The van der Waals surface area contributed by atoms with Gasteiger partial charge in [0.1, 0.15) is 10.8 Å². The summed E-state index contributed by atoms with van der Waals surface area (Å²) in [6.07, 6.45) is 11.4. The van der Waals surface area contributed by atoms with E-state index in [1.165, 1.54) is 25.7 Å². The normalized spacial score (nSPS) is 18.5. The van der Waals surface area contributed by atoms with Crippen LogP contribution in [0.4, 0.5) is 19.7 Å². The molecule has 0 atom stereocenters. The molecule has 4 aromatic rings. The number of hydrogen-bond acceptors (Lipinski definition) is 8. The van der Waals surface area contributed by atoms with Crippen LogP contribution >= 0.6 is 11.3 Å². The molecule has 0 aromatic carbocycles. The Kier molecular flexibility index (Phi) is 6.81. The van der Waals surface area contributed by atoms with Gasteiger partial charge in [0.2, 0.25) is 5.13 Å². The standard InChI is InChI=1S/C26H30F2N8S/c27-26(28)8-12-35(13-9-26)10-3-11-36-17-20(16-30-36)19-14-22-21(29-15-19)6-7-23(31-22)32-25-34-33-24(37-25)18-4-1-2-5-18/h6-7,14-18H,1-5,8-13H2,(H,31,32,34). The Bertz CT molecular complexity index is 1350. The Morgan fingerprint density at radius 3 is 2.68 bits per heavy atom. The molecular weight excluding hydrogens is 494 g/mol. The fourth-order valence-electron chi connectivity index (χ4n) is 5.16. The monoisotopic (exact) mass is 524 g/mol. The third kappa shape index (κ3) is 5.77. The van der Waals surface area contributed by atoms with Crippen molar-refractivity contribution in [2.45, 2.75) is 63.3 Å². The topological polar surface area (TPSA) is 84.7 Å². The molecule has 37 heavy (non-hydrogen) atoms. The molecule has 1 aliphatic carbocycles. The van der Waals surface area contributed by atoms with Gasteiger partial charge in [-0.25, -0.2) is 13.8 Å².